The fourth-order valence-corrected chi connectivity index (χ4v) is 7.67. The monoisotopic (exact) mass is 552 g/mol. The molecule has 7 rings (SSSR count). The Balaban J connectivity index is 1.59. The number of carbonyl (C=O) groups excluding carboxylic acids is 2. The van der Waals surface area contributed by atoms with Gasteiger partial charge in [-0.05, 0) is 37.1 Å². The molecule has 5 N–H and O–H groups in total. The van der Waals surface area contributed by atoms with Crippen molar-refractivity contribution in [3.8, 4) is 0 Å². The molecule has 2 saturated heterocycles. The van der Waals surface area contributed by atoms with Gasteiger partial charge in [0.05, 0.1) is 6.10 Å². The molecule has 12 nitrogen and oxygen atoms in total. The first-order valence-corrected chi connectivity index (χ1v) is 12.5. The standard InChI is InChI=1S/C25H25ClO12/c1-8-16(30)24-19(37-24)25(33)18(8)36-23-14(29)6-13(28)22(23,38-25)10-4-9(5-11(26)15(10)17(23)31)12(27)7-35-20(32)21(24,2)34-3/h4-5,12-14,17,19,27-29,31,33H,6-7H2,1-3H3/t12-,13+,14+,17+,19-,21-,22-,23-,24+,25-/m0/s1. The molecule has 3 fully saturated rings. The Morgan fingerprint density at radius 2 is 1.82 bits per heavy atom. The van der Waals surface area contributed by atoms with E-state index in [1.165, 1.54) is 26.0 Å². The van der Waals surface area contributed by atoms with Crippen molar-refractivity contribution in [1.29, 1.82) is 0 Å². The van der Waals surface area contributed by atoms with Gasteiger partial charge in [0.25, 0.3) is 5.79 Å². The quantitative estimate of drug-likeness (QED) is 0.215. The number of cyclic esters (lactones) is 1. The van der Waals surface area contributed by atoms with E-state index >= 15 is 0 Å². The first kappa shape index (κ1) is 24.9. The van der Waals surface area contributed by atoms with Crippen LogP contribution in [0.2, 0.25) is 5.02 Å². The van der Waals surface area contributed by atoms with E-state index in [4.69, 9.17) is 35.3 Å². The molecule has 1 aromatic carbocycles. The second-order valence-corrected chi connectivity index (χ2v) is 11.3. The molecule has 13 heteroatoms. The van der Waals surface area contributed by atoms with Crippen molar-refractivity contribution in [2.45, 2.75) is 79.0 Å². The van der Waals surface area contributed by atoms with Crippen molar-refractivity contribution in [2.24, 2.45) is 0 Å². The number of benzene rings is 1. The van der Waals surface area contributed by atoms with Crippen LogP contribution in [0.3, 0.4) is 0 Å². The number of halogens is 1. The number of hydrogen-bond acceptors (Lipinski definition) is 12. The van der Waals surface area contributed by atoms with Gasteiger partial charge in [0.1, 0.15) is 24.9 Å². The number of aliphatic hydroxyl groups is 5. The molecular weight excluding hydrogens is 528 g/mol. The van der Waals surface area contributed by atoms with Crippen LogP contribution in [-0.2, 0) is 38.9 Å². The summed E-state index contributed by atoms with van der Waals surface area (Å²) in [6, 6.07) is 2.74. The second kappa shape index (κ2) is 6.95. The smallest absolute Gasteiger partial charge is 0.341 e. The topological polar surface area (TPSA) is 185 Å². The van der Waals surface area contributed by atoms with Gasteiger partial charge in [-0.15, -0.1) is 0 Å². The van der Waals surface area contributed by atoms with Gasteiger partial charge in [-0.2, -0.15) is 0 Å². The summed E-state index contributed by atoms with van der Waals surface area (Å²) < 4.78 is 29.3. The maximum atomic E-state index is 13.8. The van der Waals surface area contributed by atoms with E-state index < -0.39 is 82.8 Å². The average molecular weight is 553 g/mol. The van der Waals surface area contributed by atoms with Crippen LogP contribution < -0.4 is 0 Å². The zero-order valence-corrected chi connectivity index (χ0v) is 21.2. The third kappa shape index (κ3) is 2.24. The summed E-state index contributed by atoms with van der Waals surface area (Å²) in [7, 11) is 1.16. The highest BCUT2D eigenvalue weighted by Crippen LogP contribution is 2.72. The molecule has 3 aliphatic heterocycles. The van der Waals surface area contributed by atoms with E-state index in [2.05, 4.69) is 0 Å². The van der Waals surface area contributed by atoms with E-state index in [0.29, 0.717) is 0 Å². The van der Waals surface area contributed by atoms with Crippen molar-refractivity contribution < 1.29 is 58.8 Å². The molecule has 1 spiro atoms. The highest BCUT2D eigenvalue weighted by molar-refractivity contribution is 6.31. The number of rotatable bonds is 1. The summed E-state index contributed by atoms with van der Waals surface area (Å²) in [6.45, 7) is 2.00. The van der Waals surface area contributed by atoms with Crippen LogP contribution in [0.1, 0.15) is 49.2 Å². The third-order valence-electron chi connectivity index (χ3n) is 9.39. The zero-order valence-electron chi connectivity index (χ0n) is 20.4. The van der Waals surface area contributed by atoms with Gasteiger partial charge < -0.3 is 49.2 Å². The highest BCUT2D eigenvalue weighted by atomic mass is 35.5. The van der Waals surface area contributed by atoms with Crippen molar-refractivity contribution >= 4 is 23.4 Å². The Kier molecular flexibility index (Phi) is 4.55. The molecule has 1 saturated carbocycles. The van der Waals surface area contributed by atoms with Crippen molar-refractivity contribution in [3.63, 3.8) is 0 Å². The maximum Gasteiger partial charge on any atom is 0.341 e. The van der Waals surface area contributed by atoms with E-state index in [1.54, 1.807) is 0 Å². The number of Topliss-reactive ketones (excluding diaryl/α,β-unsaturated/α-hetero) is 1. The summed E-state index contributed by atoms with van der Waals surface area (Å²) in [4.78, 5) is 27.1. The molecular formula is C25H25ClO12. The van der Waals surface area contributed by atoms with Gasteiger partial charge in [-0.3, -0.25) is 4.79 Å². The summed E-state index contributed by atoms with van der Waals surface area (Å²) >= 11 is 6.57. The molecule has 38 heavy (non-hydrogen) atoms. The van der Waals surface area contributed by atoms with Crippen molar-refractivity contribution in [3.05, 3.63) is 45.2 Å². The molecule has 0 amide bonds. The zero-order chi connectivity index (χ0) is 27.4. The Hall–Kier alpha value is -2.13. The first-order valence-electron chi connectivity index (χ1n) is 12.1. The van der Waals surface area contributed by atoms with Crippen molar-refractivity contribution in [1.82, 2.24) is 0 Å². The van der Waals surface area contributed by atoms with Crippen molar-refractivity contribution in [2.75, 3.05) is 13.7 Å². The summed E-state index contributed by atoms with van der Waals surface area (Å²) in [5.74, 6) is -4.83. The van der Waals surface area contributed by atoms with E-state index in [0.717, 1.165) is 7.11 Å². The number of esters is 1. The minimum atomic E-state index is -2.58. The van der Waals surface area contributed by atoms with Gasteiger partial charge in [0.15, 0.2) is 23.1 Å². The minimum absolute atomic E-state index is 0.0452. The minimum Gasteiger partial charge on any atom is -0.476 e. The van der Waals surface area contributed by atoms with Gasteiger partial charge in [0.2, 0.25) is 17.0 Å². The molecule has 204 valence electrons. The molecule has 3 heterocycles. The Labute approximate surface area is 220 Å². The predicted molar refractivity (Wildman–Crippen MR) is 121 cm³/mol. The number of aliphatic hydroxyl groups excluding tert-OH is 4. The van der Waals surface area contributed by atoms with Gasteiger partial charge >= 0.3 is 5.97 Å². The lowest BCUT2D eigenvalue weighted by atomic mass is 9.71. The summed E-state index contributed by atoms with van der Waals surface area (Å²) in [6.07, 6.45) is -8.11. The van der Waals surface area contributed by atoms with E-state index in [-0.39, 0.29) is 33.7 Å². The van der Waals surface area contributed by atoms with Crippen LogP contribution in [-0.4, -0.2) is 91.9 Å². The third-order valence-corrected chi connectivity index (χ3v) is 9.70. The number of methoxy groups -OCH3 is 1. The molecule has 3 aliphatic carbocycles. The molecule has 6 aliphatic rings. The van der Waals surface area contributed by atoms with E-state index in [9.17, 15) is 35.1 Å². The van der Waals surface area contributed by atoms with Gasteiger partial charge in [0, 0.05) is 29.7 Å². The number of hydrogen-bond donors (Lipinski definition) is 5. The molecule has 0 aromatic heterocycles. The van der Waals surface area contributed by atoms with Crippen LogP contribution in [0.15, 0.2) is 23.5 Å². The second-order valence-electron chi connectivity index (χ2n) is 10.9. The van der Waals surface area contributed by atoms with Gasteiger partial charge in [-0.1, -0.05) is 11.6 Å². The van der Waals surface area contributed by atoms with Crippen LogP contribution >= 0.6 is 11.6 Å². The fraction of sp³-hybridized carbons (Fsp3) is 0.600. The first-order chi connectivity index (χ1) is 17.8. The fourth-order valence-electron chi connectivity index (χ4n) is 7.34. The molecule has 1 aromatic rings. The SMILES string of the molecule is CO[C@@]1(C)C(=O)OC[C@H](O)c2cc(Cl)c3c(c2)[C@@]24O[C@@]5(O)C(=C(C)C(=O)[C@]16O[C@H]56)O[C@@]2([C@H](O)C[C@H]4O)[C@@H]3O. The largest absolute Gasteiger partial charge is 0.476 e. The maximum absolute atomic E-state index is 13.8. The summed E-state index contributed by atoms with van der Waals surface area (Å²) in [5.41, 5.74) is -8.44. The number of ketones is 1. The van der Waals surface area contributed by atoms with E-state index in [1.807, 2.05) is 0 Å². The molecule has 5 bridgehead atoms. The molecule has 10 atom stereocenters. The van der Waals surface area contributed by atoms with Gasteiger partial charge in [-0.25, -0.2) is 4.79 Å². The lowest BCUT2D eigenvalue weighted by Gasteiger charge is -2.55. The molecule has 0 radical (unpaired) electrons. The molecule has 0 unspecified atom stereocenters. The van der Waals surface area contributed by atoms with Crippen LogP contribution in [0.5, 0.6) is 0 Å². The van der Waals surface area contributed by atoms with Crippen LogP contribution in [0.4, 0.5) is 0 Å². The number of ether oxygens (including phenoxy) is 5. The normalized spacial score (nSPS) is 50.1. The Morgan fingerprint density at radius 3 is 2.50 bits per heavy atom. The number of carbonyl (C=O) groups is 2. The summed E-state index contributed by atoms with van der Waals surface area (Å²) in [5, 5.41) is 57.3. The lowest BCUT2D eigenvalue weighted by molar-refractivity contribution is -0.387. The number of fused-ring (bicyclic) bond motifs is 1. The van der Waals surface area contributed by atoms with Crippen LogP contribution in [0.25, 0.3) is 0 Å². The highest BCUT2D eigenvalue weighted by Gasteiger charge is 2.90. The Bertz CT molecular complexity index is 1380. The predicted octanol–water partition coefficient (Wildman–Crippen LogP) is -0.828. The average Bonchev–Trinajstić information content (AvgIpc) is 3.57. The number of epoxide rings is 1. The van der Waals surface area contributed by atoms with Crippen LogP contribution in [0, 0.1) is 0 Å². The lowest BCUT2D eigenvalue weighted by Crippen LogP contribution is -2.71. The Morgan fingerprint density at radius 1 is 1.11 bits per heavy atom.